The van der Waals surface area contributed by atoms with E-state index >= 15 is 0 Å². The summed E-state index contributed by atoms with van der Waals surface area (Å²) in [5.74, 6) is -0.422. The van der Waals surface area contributed by atoms with E-state index in [4.69, 9.17) is 0 Å². The summed E-state index contributed by atoms with van der Waals surface area (Å²) in [7, 11) is 0. The standard InChI is InChI=1S/C19H18FN7O2/c1-14(26-18(28)27(24-23-26)17-9-7-16(20)8-10-17)19(29,11-25-13-21-12-22-25)15-5-3-2-4-6-15/h2-10,12-14,29H,11H2,1H3/t14-,19-/m1/s1. The van der Waals surface area contributed by atoms with Gasteiger partial charge in [-0.1, -0.05) is 30.3 Å². The van der Waals surface area contributed by atoms with Crippen LogP contribution >= 0.6 is 0 Å². The molecule has 2 aromatic heterocycles. The van der Waals surface area contributed by atoms with Crippen molar-refractivity contribution >= 4 is 0 Å². The van der Waals surface area contributed by atoms with Crippen molar-refractivity contribution in [1.82, 2.24) is 34.6 Å². The van der Waals surface area contributed by atoms with Crippen molar-refractivity contribution in [1.29, 1.82) is 0 Å². The van der Waals surface area contributed by atoms with Gasteiger partial charge in [0, 0.05) is 0 Å². The maximum absolute atomic E-state index is 13.2. The molecule has 0 radical (unpaired) electrons. The summed E-state index contributed by atoms with van der Waals surface area (Å²) in [6.45, 7) is 1.73. The van der Waals surface area contributed by atoms with Crippen LogP contribution in [0.4, 0.5) is 4.39 Å². The van der Waals surface area contributed by atoms with E-state index in [1.165, 1.54) is 41.6 Å². The normalized spacial score (nSPS) is 14.4. The molecule has 4 rings (SSSR count). The van der Waals surface area contributed by atoms with Gasteiger partial charge in [0.15, 0.2) is 0 Å². The minimum Gasteiger partial charge on any atom is -0.381 e. The van der Waals surface area contributed by atoms with Crippen LogP contribution in [-0.4, -0.2) is 39.7 Å². The Morgan fingerprint density at radius 1 is 1.10 bits per heavy atom. The fourth-order valence-electron chi connectivity index (χ4n) is 3.20. The highest BCUT2D eigenvalue weighted by molar-refractivity contribution is 5.30. The highest BCUT2D eigenvalue weighted by Gasteiger charge is 2.40. The van der Waals surface area contributed by atoms with Crippen molar-refractivity contribution in [2.45, 2.75) is 25.1 Å². The van der Waals surface area contributed by atoms with E-state index in [0.29, 0.717) is 11.3 Å². The van der Waals surface area contributed by atoms with Gasteiger partial charge in [0.1, 0.15) is 24.1 Å². The largest absolute Gasteiger partial charge is 0.381 e. The van der Waals surface area contributed by atoms with Crippen LogP contribution in [0.5, 0.6) is 0 Å². The first kappa shape index (κ1) is 18.7. The molecular weight excluding hydrogens is 377 g/mol. The molecule has 29 heavy (non-hydrogen) atoms. The zero-order chi connectivity index (χ0) is 20.4. The smallest absolute Gasteiger partial charge is 0.368 e. The highest BCUT2D eigenvalue weighted by atomic mass is 19.1. The number of aromatic nitrogens is 7. The van der Waals surface area contributed by atoms with Gasteiger partial charge in [-0.2, -0.15) is 14.5 Å². The van der Waals surface area contributed by atoms with Gasteiger partial charge in [-0.05, 0) is 47.2 Å². The number of rotatable bonds is 6. The molecule has 0 aliphatic heterocycles. The summed E-state index contributed by atoms with van der Waals surface area (Å²) in [4.78, 5) is 16.8. The lowest BCUT2D eigenvalue weighted by atomic mass is 9.87. The third-order valence-electron chi connectivity index (χ3n) is 4.88. The number of tetrazole rings is 1. The van der Waals surface area contributed by atoms with Crippen molar-refractivity contribution in [3.63, 3.8) is 0 Å². The minimum absolute atomic E-state index is 0.0496. The Balaban J connectivity index is 1.76. The Kier molecular flexibility index (Phi) is 4.77. The molecule has 0 bridgehead atoms. The van der Waals surface area contributed by atoms with Crippen LogP contribution in [0.3, 0.4) is 0 Å². The summed E-state index contributed by atoms with van der Waals surface area (Å²) in [6.07, 6.45) is 2.85. The molecule has 1 N–H and O–H groups in total. The molecule has 0 aliphatic rings. The van der Waals surface area contributed by atoms with Gasteiger partial charge < -0.3 is 5.11 Å². The van der Waals surface area contributed by atoms with Crippen LogP contribution in [0.25, 0.3) is 5.69 Å². The van der Waals surface area contributed by atoms with Crippen LogP contribution < -0.4 is 5.69 Å². The fourth-order valence-corrected chi connectivity index (χ4v) is 3.20. The first-order chi connectivity index (χ1) is 14.0. The summed E-state index contributed by atoms with van der Waals surface area (Å²) in [5, 5.41) is 23.6. The van der Waals surface area contributed by atoms with Crippen molar-refractivity contribution in [3.05, 3.63) is 89.1 Å². The molecule has 0 saturated heterocycles. The van der Waals surface area contributed by atoms with E-state index in [2.05, 4.69) is 20.5 Å². The Hall–Kier alpha value is -3.66. The monoisotopic (exact) mass is 395 g/mol. The molecule has 2 atom stereocenters. The van der Waals surface area contributed by atoms with E-state index in [1.54, 1.807) is 31.2 Å². The van der Waals surface area contributed by atoms with E-state index in [1.807, 2.05) is 6.07 Å². The van der Waals surface area contributed by atoms with Crippen molar-refractivity contribution in [3.8, 4) is 5.69 Å². The van der Waals surface area contributed by atoms with Crippen LogP contribution in [0.2, 0.25) is 0 Å². The molecule has 2 heterocycles. The molecule has 0 spiro atoms. The van der Waals surface area contributed by atoms with Crippen LogP contribution in [0.1, 0.15) is 18.5 Å². The predicted octanol–water partition coefficient (Wildman–Crippen LogP) is 1.31. The third-order valence-corrected chi connectivity index (χ3v) is 4.88. The van der Waals surface area contributed by atoms with Gasteiger partial charge in [0.25, 0.3) is 0 Å². The van der Waals surface area contributed by atoms with Crippen LogP contribution in [0, 0.1) is 5.82 Å². The summed E-state index contributed by atoms with van der Waals surface area (Å²) in [5.41, 5.74) is -1.12. The summed E-state index contributed by atoms with van der Waals surface area (Å²) >= 11 is 0. The number of benzene rings is 2. The number of hydrogen-bond donors (Lipinski definition) is 1. The van der Waals surface area contributed by atoms with Gasteiger partial charge in [-0.3, -0.25) is 0 Å². The molecular formula is C19H18FN7O2. The first-order valence-corrected chi connectivity index (χ1v) is 8.90. The number of hydrogen-bond acceptors (Lipinski definition) is 6. The molecule has 0 fully saturated rings. The number of halogens is 1. The van der Waals surface area contributed by atoms with Gasteiger partial charge in [-0.25, -0.2) is 18.9 Å². The molecule has 0 unspecified atom stereocenters. The van der Waals surface area contributed by atoms with E-state index < -0.39 is 23.1 Å². The molecule has 0 amide bonds. The second-order valence-corrected chi connectivity index (χ2v) is 6.65. The average molecular weight is 395 g/mol. The number of nitrogens with zero attached hydrogens (tertiary/aromatic N) is 7. The first-order valence-electron chi connectivity index (χ1n) is 8.90. The molecule has 0 aliphatic carbocycles. The Morgan fingerprint density at radius 2 is 1.83 bits per heavy atom. The molecule has 9 nitrogen and oxygen atoms in total. The maximum atomic E-state index is 13.2. The Morgan fingerprint density at radius 3 is 2.48 bits per heavy atom. The minimum atomic E-state index is -1.53. The van der Waals surface area contributed by atoms with E-state index in [-0.39, 0.29) is 6.54 Å². The van der Waals surface area contributed by atoms with E-state index in [9.17, 15) is 14.3 Å². The lowest BCUT2D eigenvalue weighted by molar-refractivity contribution is -0.0357. The SMILES string of the molecule is C[C@@H](n1nnn(-c2ccc(F)cc2)c1=O)[C@](O)(Cn1cncn1)c1ccccc1. The predicted molar refractivity (Wildman–Crippen MR) is 101 cm³/mol. The van der Waals surface area contributed by atoms with Gasteiger partial charge >= 0.3 is 5.69 Å². The number of aliphatic hydroxyl groups is 1. The van der Waals surface area contributed by atoms with Gasteiger partial charge in [0.05, 0.1) is 18.3 Å². The van der Waals surface area contributed by atoms with Crippen molar-refractivity contribution in [2.24, 2.45) is 0 Å². The Labute approximate surface area is 164 Å². The van der Waals surface area contributed by atoms with Crippen molar-refractivity contribution in [2.75, 3.05) is 0 Å². The topological polar surface area (TPSA) is 104 Å². The molecule has 0 saturated carbocycles. The van der Waals surface area contributed by atoms with Gasteiger partial charge in [0.2, 0.25) is 0 Å². The average Bonchev–Trinajstić information content (AvgIpc) is 3.38. The molecule has 10 heteroatoms. The highest BCUT2D eigenvalue weighted by Crippen LogP contribution is 2.33. The van der Waals surface area contributed by atoms with E-state index in [0.717, 1.165) is 9.36 Å². The third kappa shape index (κ3) is 3.45. The quantitative estimate of drug-likeness (QED) is 0.528. The van der Waals surface area contributed by atoms with Crippen LogP contribution in [-0.2, 0) is 12.1 Å². The lowest BCUT2D eigenvalue weighted by Gasteiger charge is -2.33. The molecule has 4 aromatic rings. The van der Waals surface area contributed by atoms with Crippen molar-refractivity contribution < 1.29 is 9.50 Å². The second kappa shape index (κ2) is 7.40. The summed E-state index contributed by atoms with van der Waals surface area (Å²) in [6, 6.07) is 13.5. The maximum Gasteiger partial charge on any atom is 0.368 e. The summed E-state index contributed by atoms with van der Waals surface area (Å²) < 4.78 is 16.8. The molecule has 148 valence electrons. The zero-order valence-electron chi connectivity index (χ0n) is 15.5. The second-order valence-electron chi connectivity index (χ2n) is 6.65. The fraction of sp³-hybridized carbons (Fsp3) is 0.211. The lowest BCUT2D eigenvalue weighted by Crippen LogP contribution is -2.43. The Bertz CT molecular complexity index is 1140. The molecule has 2 aromatic carbocycles. The van der Waals surface area contributed by atoms with Gasteiger partial charge in [-0.15, -0.1) is 0 Å². The zero-order valence-corrected chi connectivity index (χ0v) is 15.5. The van der Waals surface area contributed by atoms with Crippen LogP contribution in [0.15, 0.2) is 72.0 Å².